The van der Waals surface area contributed by atoms with Gasteiger partial charge in [-0.25, -0.2) is 0 Å². The van der Waals surface area contributed by atoms with Gasteiger partial charge in [0.1, 0.15) is 6.07 Å². The summed E-state index contributed by atoms with van der Waals surface area (Å²) in [6, 6.07) is 3.71. The molecule has 0 atom stereocenters. The van der Waals surface area contributed by atoms with Gasteiger partial charge in [-0.3, -0.25) is 0 Å². The Bertz CT molecular complexity index is 421. The SMILES string of the molecule is N#Cc1ccnnc1NC1(CO)CCCCC1. The average Bonchev–Trinajstić information content (AvgIpc) is 2.40. The normalized spacial score (nSPS) is 18.4. The summed E-state index contributed by atoms with van der Waals surface area (Å²) >= 11 is 0. The number of aromatic nitrogens is 2. The number of nitrogens with zero attached hydrogens (tertiary/aromatic N) is 3. The molecule has 1 aromatic rings. The molecule has 0 bridgehead atoms. The van der Waals surface area contributed by atoms with Gasteiger partial charge in [0, 0.05) is 0 Å². The second-order valence-electron chi connectivity index (χ2n) is 4.53. The van der Waals surface area contributed by atoms with E-state index in [9.17, 15) is 5.11 Å². The number of anilines is 1. The van der Waals surface area contributed by atoms with Crippen LogP contribution in [0.3, 0.4) is 0 Å². The second kappa shape index (κ2) is 5.11. The van der Waals surface area contributed by atoms with Gasteiger partial charge in [-0.1, -0.05) is 19.3 Å². The van der Waals surface area contributed by atoms with Crippen LogP contribution in [0.4, 0.5) is 5.82 Å². The molecule has 1 aliphatic carbocycles. The van der Waals surface area contributed by atoms with Crippen molar-refractivity contribution >= 4 is 5.82 Å². The first-order valence-electron chi connectivity index (χ1n) is 5.90. The summed E-state index contributed by atoms with van der Waals surface area (Å²) in [5.41, 5.74) is 0.137. The van der Waals surface area contributed by atoms with Crippen molar-refractivity contribution in [2.45, 2.75) is 37.6 Å². The molecule has 0 radical (unpaired) electrons. The highest BCUT2D eigenvalue weighted by Gasteiger charge is 2.32. The zero-order valence-corrected chi connectivity index (χ0v) is 9.69. The fraction of sp³-hybridized carbons (Fsp3) is 0.583. The number of aliphatic hydroxyl groups is 1. The van der Waals surface area contributed by atoms with Gasteiger partial charge < -0.3 is 10.4 Å². The summed E-state index contributed by atoms with van der Waals surface area (Å²) in [5.74, 6) is 0.478. The second-order valence-corrected chi connectivity index (χ2v) is 4.53. The van der Waals surface area contributed by atoms with Crippen molar-refractivity contribution in [2.75, 3.05) is 11.9 Å². The largest absolute Gasteiger partial charge is 0.394 e. The number of aliphatic hydroxyl groups excluding tert-OH is 1. The molecule has 2 N–H and O–H groups in total. The molecule has 0 unspecified atom stereocenters. The molecule has 2 rings (SSSR count). The molecule has 1 fully saturated rings. The lowest BCUT2D eigenvalue weighted by Gasteiger charge is -2.36. The molecular formula is C12H16N4O. The summed E-state index contributed by atoms with van der Waals surface area (Å²) in [6.07, 6.45) is 6.70. The zero-order valence-electron chi connectivity index (χ0n) is 9.69. The minimum atomic E-state index is -0.333. The molecule has 1 heterocycles. The summed E-state index contributed by atoms with van der Waals surface area (Å²) in [4.78, 5) is 0. The van der Waals surface area contributed by atoms with Crippen LogP contribution in [-0.4, -0.2) is 27.4 Å². The maximum absolute atomic E-state index is 9.57. The Morgan fingerprint density at radius 2 is 2.18 bits per heavy atom. The van der Waals surface area contributed by atoms with Crippen molar-refractivity contribution in [3.05, 3.63) is 17.8 Å². The van der Waals surface area contributed by atoms with Crippen LogP contribution in [0, 0.1) is 11.3 Å². The topological polar surface area (TPSA) is 81.8 Å². The maximum Gasteiger partial charge on any atom is 0.167 e. The van der Waals surface area contributed by atoms with Crippen LogP contribution in [-0.2, 0) is 0 Å². The molecule has 90 valence electrons. The Kier molecular flexibility index (Phi) is 3.55. The van der Waals surface area contributed by atoms with Gasteiger partial charge in [0.05, 0.1) is 23.9 Å². The van der Waals surface area contributed by atoms with Crippen molar-refractivity contribution in [3.63, 3.8) is 0 Å². The van der Waals surface area contributed by atoms with Crippen LogP contribution in [0.15, 0.2) is 12.3 Å². The quantitative estimate of drug-likeness (QED) is 0.824. The molecule has 17 heavy (non-hydrogen) atoms. The highest BCUT2D eigenvalue weighted by molar-refractivity contribution is 5.51. The Balaban J connectivity index is 2.21. The van der Waals surface area contributed by atoms with E-state index in [4.69, 9.17) is 5.26 Å². The Morgan fingerprint density at radius 1 is 1.41 bits per heavy atom. The van der Waals surface area contributed by atoms with E-state index in [0.29, 0.717) is 11.4 Å². The zero-order chi connectivity index (χ0) is 12.1. The molecule has 0 spiro atoms. The van der Waals surface area contributed by atoms with E-state index in [1.54, 1.807) is 6.07 Å². The molecule has 0 amide bonds. The van der Waals surface area contributed by atoms with Gasteiger partial charge in [0.15, 0.2) is 5.82 Å². The fourth-order valence-corrected chi connectivity index (χ4v) is 2.32. The molecule has 5 nitrogen and oxygen atoms in total. The van der Waals surface area contributed by atoms with Gasteiger partial charge in [-0.05, 0) is 18.9 Å². The van der Waals surface area contributed by atoms with Crippen molar-refractivity contribution < 1.29 is 5.11 Å². The van der Waals surface area contributed by atoms with Crippen molar-refractivity contribution in [3.8, 4) is 6.07 Å². The average molecular weight is 232 g/mol. The van der Waals surface area contributed by atoms with Crippen LogP contribution in [0.2, 0.25) is 0 Å². The molecule has 1 saturated carbocycles. The number of nitrogens with one attached hydrogen (secondary N) is 1. The van der Waals surface area contributed by atoms with Gasteiger partial charge >= 0.3 is 0 Å². The van der Waals surface area contributed by atoms with E-state index < -0.39 is 0 Å². The third-order valence-electron chi connectivity index (χ3n) is 3.34. The van der Waals surface area contributed by atoms with Gasteiger partial charge in [0.2, 0.25) is 0 Å². The van der Waals surface area contributed by atoms with Crippen LogP contribution >= 0.6 is 0 Å². The number of rotatable bonds is 3. The number of hydrogen-bond donors (Lipinski definition) is 2. The molecule has 1 aromatic heterocycles. The van der Waals surface area contributed by atoms with Crippen molar-refractivity contribution in [1.82, 2.24) is 10.2 Å². The van der Waals surface area contributed by atoms with Crippen LogP contribution in [0.5, 0.6) is 0 Å². The molecule has 0 aliphatic heterocycles. The van der Waals surface area contributed by atoms with E-state index >= 15 is 0 Å². The number of hydrogen-bond acceptors (Lipinski definition) is 5. The van der Waals surface area contributed by atoms with Gasteiger partial charge in [-0.2, -0.15) is 10.4 Å². The summed E-state index contributed by atoms with van der Waals surface area (Å²) in [6.45, 7) is 0.0639. The highest BCUT2D eigenvalue weighted by Crippen LogP contribution is 2.31. The lowest BCUT2D eigenvalue weighted by Crippen LogP contribution is -2.44. The first kappa shape index (κ1) is 11.8. The monoisotopic (exact) mass is 232 g/mol. The predicted molar refractivity (Wildman–Crippen MR) is 63.3 cm³/mol. The Hall–Kier alpha value is -1.67. The first-order chi connectivity index (χ1) is 8.29. The van der Waals surface area contributed by atoms with E-state index in [1.165, 1.54) is 12.6 Å². The van der Waals surface area contributed by atoms with Gasteiger partial charge in [-0.15, -0.1) is 5.10 Å². The highest BCUT2D eigenvalue weighted by atomic mass is 16.3. The minimum absolute atomic E-state index is 0.0639. The van der Waals surface area contributed by atoms with Crippen LogP contribution in [0.1, 0.15) is 37.7 Å². The molecular weight excluding hydrogens is 216 g/mol. The Morgan fingerprint density at radius 3 is 2.82 bits per heavy atom. The van der Waals surface area contributed by atoms with Crippen molar-refractivity contribution in [2.24, 2.45) is 0 Å². The smallest absolute Gasteiger partial charge is 0.167 e. The molecule has 0 aromatic carbocycles. The lowest BCUT2D eigenvalue weighted by atomic mass is 9.82. The fourth-order valence-electron chi connectivity index (χ4n) is 2.32. The van der Waals surface area contributed by atoms with Crippen LogP contribution < -0.4 is 5.32 Å². The molecule has 5 heteroatoms. The predicted octanol–water partition coefficient (Wildman–Crippen LogP) is 1.46. The van der Waals surface area contributed by atoms with Crippen LogP contribution in [0.25, 0.3) is 0 Å². The number of nitriles is 1. The molecule has 0 saturated heterocycles. The standard InChI is InChI=1S/C12H16N4O/c13-8-10-4-7-14-16-11(10)15-12(9-17)5-2-1-3-6-12/h4,7,17H,1-3,5-6,9H2,(H,15,16). The van der Waals surface area contributed by atoms with E-state index in [2.05, 4.69) is 21.6 Å². The van der Waals surface area contributed by atoms with E-state index in [0.717, 1.165) is 25.7 Å². The third kappa shape index (κ3) is 2.53. The summed E-state index contributed by atoms with van der Waals surface area (Å²) < 4.78 is 0. The first-order valence-corrected chi connectivity index (χ1v) is 5.90. The minimum Gasteiger partial charge on any atom is -0.394 e. The Labute approximate surface area is 100 Å². The van der Waals surface area contributed by atoms with Crippen molar-refractivity contribution in [1.29, 1.82) is 5.26 Å². The summed E-state index contributed by atoms with van der Waals surface area (Å²) in [5, 5.41) is 29.5. The van der Waals surface area contributed by atoms with Gasteiger partial charge in [0.25, 0.3) is 0 Å². The third-order valence-corrected chi connectivity index (χ3v) is 3.34. The summed E-state index contributed by atoms with van der Waals surface area (Å²) in [7, 11) is 0. The maximum atomic E-state index is 9.57. The molecule has 1 aliphatic rings. The lowest BCUT2D eigenvalue weighted by molar-refractivity contribution is 0.172. The van der Waals surface area contributed by atoms with E-state index in [-0.39, 0.29) is 12.1 Å². The van der Waals surface area contributed by atoms with E-state index in [1.807, 2.05) is 0 Å².